The third-order valence-electron chi connectivity index (χ3n) is 2.37. The van der Waals surface area contributed by atoms with Crippen LogP contribution in [0.4, 0.5) is 0 Å². The molecule has 84 valence electrons. The number of halogens is 1. The first kappa shape index (κ1) is 11.4. The van der Waals surface area contributed by atoms with E-state index in [1.54, 1.807) is 15.9 Å². The highest BCUT2D eigenvalue weighted by molar-refractivity contribution is 9.10. The lowest BCUT2D eigenvalue weighted by Gasteiger charge is -2.05. The van der Waals surface area contributed by atoms with Gasteiger partial charge in [-0.25, -0.2) is 4.79 Å². The summed E-state index contributed by atoms with van der Waals surface area (Å²) in [6.07, 6.45) is 1.81. The lowest BCUT2D eigenvalue weighted by molar-refractivity contribution is 0.0685. The van der Waals surface area contributed by atoms with Crippen LogP contribution in [0.3, 0.4) is 0 Å². The number of hydrogen-bond donors (Lipinski definition) is 1. The minimum atomic E-state index is -0.879. The van der Waals surface area contributed by atoms with Gasteiger partial charge in [0.2, 0.25) is 0 Å². The van der Waals surface area contributed by atoms with Crippen molar-refractivity contribution in [1.29, 1.82) is 0 Å². The van der Waals surface area contributed by atoms with Crippen molar-refractivity contribution in [3.63, 3.8) is 0 Å². The molecule has 0 radical (unpaired) electrons. The fourth-order valence-electron chi connectivity index (χ4n) is 1.60. The van der Waals surface area contributed by atoms with Gasteiger partial charge in [0.1, 0.15) is 5.69 Å². The quantitative estimate of drug-likeness (QED) is 0.944. The third kappa shape index (κ3) is 2.05. The summed E-state index contributed by atoms with van der Waals surface area (Å²) in [5.41, 5.74) is 1.15. The number of carbonyl (C=O) groups is 1. The van der Waals surface area contributed by atoms with E-state index in [4.69, 9.17) is 5.11 Å². The molecule has 2 aromatic rings. The number of aryl methyl sites for hydroxylation is 1. The van der Waals surface area contributed by atoms with Crippen LogP contribution in [0.2, 0.25) is 0 Å². The summed E-state index contributed by atoms with van der Waals surface area (Å²) < 4.78 is 2.79. The molecule has 0 aliphatic rings. The molecule has 0 aromatic carbocycles. The van der Waals surface area contributed by atoms with Crippen LogP contribution in [-0.4, -0.2) is 15.6 Å². The second kappa shape index (κ2) is 4.43. The molecule has 5 heteroatoms. The Labute approximate surface area is 105 Å². The smallest absolute Gasteiger partial charge is 0.352 e. The van der Waals surface area contributed by atoms with Crippen LogP contribution in [0, 0.1) is 6.92 Å². The summed E-state index contributed by atoms with van der Waals surface area (Å²) in [4.78, 5) is 12.2. The van der Waals surface area contributed by atoms with Crippen molar-refractivity contribution in [2.24, 2.45) is 0 Å². The van der Waals surface area contributed by atoms with Gasteiger partial charge in [-0.3, -0.25) is 0 Å². The van der Waals surface area contributed by atoms with E-state index in [-0.39, 0.29) is 0 Å². The lowest BCUT2D eigenvalue weighted by Crippen LogP contribution is -2.09. The first-order valence-corrected chi connectivity index (χ1v) is 6.37. The van der Waals surface area contributed by atoms with Gasteiger partial charge in [-0.1, -0.05) is 0 Å². The number of aromatic carboxylic acids is 1. The predicted molar refractivity (Wildman–Crippen MR) is 67.2 cm³/mol. The van der Waals surface area contributed by atoms with Gasteiger partial charge in [-0.2, -0.15) is 0 Å². The lowest BCUT2D eigenvalue weighted by atomic mass is 10.3. The van der Waals surface area contributed by atoms with Gasteiger partial charge in [0, 0.05) is 15.5 Å². The molecule has 0 amide bonds. The minimum Gasteiger partial charge on any atom is -0.477 e. The Morgan fingerprint density at radius 3 is 2.88 bits per heavy atom. The summed E-state index contributed by atoms with van der Waals surface area (Å²) in [6.45, 7) is 2.40. The third-order valence-corrected chi connectivity index (χ3v) is 4.28. The zero-order valence-electron chi connectivity index (χ0n) is 8.61. The maximum atomic E-state index is 11.1. The number of carboxylic acid groups (broad SMARTS) is 1. The molecule has 3 nitrogen and oxygen atoms in total. The Hall–Kier alpha value is -1.07. The topological polar surface area (TPSA) is 42.2 Å². The summed E-state index contributed by atoms with van der Waals surface area (Å²) in [5, 5.41) is 11.1. The van der Waals surface area contributed by atoms with Crippen molar-refractivity contribution in [2.45, 2.75) is 13.5 Å². The largest absolute Gasteiger partial charge is 0.477 e. The fourth-order valence-corrected chi connectivity index (χ4v) is 3.07. The molecule has 0 atom stereocenters. The van der Waals surface area contributed by atoms with Crippen LogP contribution in [0.5, 0.6) is 0 Å². The number of rotatable bonds is 3. The van der Waals surface area contributed by atoms with Crippen molar-refractivity contribution in [2.75, 3.05) is 0 Å². The van der Waals surface area contributed by atoms with Gasteiger partial charge < -0.3 is 9.67 Å². The Bertz CT molecular complexity index is 530. The molecule has 0 spiro atoms. The van der Waals surface area contributed by atoms with Crippen LogP contribution in [0.25, 0.3) is 0 Å². The van der Waals surface area contributed by atoms with E-state index in [0.717, 1.165) is 14.9 Å². The molecular weight excluding hydrogens is 290 g/mol. The average Bonchev–Trinajstić information content (AvgIpc) is 2.75. The van der Waals surface area contributed by atoms with Gasteiger partial charge in [-0.15, -0.1) is 11.3 Å². The first-order valence-electron chi connectivity index (χ1n) is 4.70. The highest BCUT2D eigenvalue weighted by atomic mass is 79.9. The van der Waals surface area contributed by atoms with Crippen LogP contribution in [-0.2, 0) is 6.54 Å². The molecule has 2 heterocycles. The normalized spacial score (nSPS) is 10.6. The average molecular weight is 300 g/mol. The zero-order chi connectivity index (χ0) is 11.7. The SMILES string of the molecule is Cc1ccn(Cc2sccc2Br)c1C(=O)O. The Kier molecular flexibility index (Phi) is 3.16. The van der Waals surface area contributed by atoms with E-state index in [0.29, 0.717) is 12.2 Å². The van der Waals surface area contributed by atoms with Gasteiger partial charge in [-0.05, 0) is 45.9 Å². The van der Waals surface area contributed by atoms with E-state index in [2.05, 4.69) is 15.9 Å². The molecular formula is C11H10BrNO2S. The van der Waals surface area contributed by atoms with Crippen molar-refractivity contribution in [1.82, 2.24) is 4.57 Å². The summed E-state index contributed by atoms with van der Waals surface area (Å²) >= 11 is 5.06. The molecule has 0 aliphatic carbocycles. The molecule has 0 saturated carbocycles. The molecule has 2 aromatic heterocycles. The van der Waals surface area contributed by atoms with Crippen molar-refractivity contribution in [3.05, 3.63) is 44.3 Å². The van der Waals surface area contributed by atoms with Crippen LogP contribution in [0.1, 0.15) is 20.9 Å². The fraction of sp³-hybridized carbons (Fsp3) is 0.182. The van der Waals surface area contributed by atoms with Gasteiger partial charge in [0.15, 0.2) is 0 Å². The van der Waals surface area contributed by atoms with Crippen LogP contribution >= 0.6 is 27.3 Å². The van der Waals surface area contributed by atoms with Crippen molar-refractivity contribution >= 4 is 33.2 Å². The highest BCUT2D eigenvalue weighted by Gasteiger charge is 2.14. The molecule has 0 fully saturated rings. The second-order valence-electron chi connectivity index (χ2n) is 3.47. The number of carboxylic acids is 1. The monoisotopic (exact) mass is 299 g/mol. The number of nitrogens with zero attached hydrogens (tertiary/aromatic N) is 1. The van der Waals surface area contributed by atoms with E-state index >= 15 is 0 Å². The Morgan fingerprint density at radius 2 is 2.31 bits per heavy atom. The number of hydrogen-bond acceptors (Lipinski definition) is 2. The summed E-state index contributed by atoms with van der Waals surface area (Å²) in [7, 11) is 0. The van der Waals surface area contributed by atoms with E-state index in [9.17, 15) is 4.79 Å². The first-order chi connectivity index (χ1) is 7.59. The molecule has 0 bridgehead atoms. The summed E-state index contributed by atoms with van der Waals surface area (Å²) in [6, 6.07) is 3.79. The molecule has 16 heavy (non-hydrogen) atoms. The van der Waals surface area contributed by atoms with Gasteiger partial charge in [0.05, 0.1) is 6.54 Å². The van der Waals surface area contributed by atoms with Crippen molar-refractivity contribution in [3.8, 4) is 0 Å². The maximum Gasteiger partial charge on any atom is 0.352 e. The van der Waals surface area contributed by atoms with Crippen LogP contribution in [0.15, 0.2) is 28.2 Å². The molecule has 0 aliphatic heterocycles. The highest BCUT2D eigenvalue weighted by Crippen LogP contribution is 2.24. The van der Waals surface area contributed by atoms with Gasteiger partial charge >= 0.3 is 5.97 Å². The zero-order valence-corrected chi connectivity index (χ0v) is 11.0. The molecule has 0 unspecified atom stereocenters. The Morgan fingerprint density at radius 1 is 1.56 bits per heavy atom. The standard InChI is InChI=1S/C11H10BrNO2S/c1-7-2-4-13(10(7)11(14)15)6-9-8(12)3-5-16-9/h2-5H,6H2,1H3,(H,14,15). The Balaban J connectivity index is 2.35. The second-order valence-corrected chi connectivity index (χ2v) is 5.33. The minimum absolute atomic E-state index is 0.361. The van der Waals surface area contributed by atoms with E-state index in [1.807, 2.05) is 30.6 Å². The summed E-state index contributed by atoms with van der Waals surface area (Å²) in [5.74, 6) is -0.879. The molecule has 1 N–H and O–H groups in total. The van der Waals surface area contributed by atoms with E-state index in [1.165, 1.54) is 0 Å². The predicted octanol–water partition coefficient (Wildman–Crippen LogP) is 3.37. The molecule has 0 saturated heterocycles. The van der Waals surface area contributed by atoms with E-state index < -0.39 is 5.97 Å². The van der Waals surface area contributed by atoms with Crippen molar-refractivity contribution < 1.29 is 9.90 Å². The van der Waals surface area contributed by atoms with Crippen LogP contribution < -0.4 is 0 Å². The number of thiophene rings is 1. The number of aromatic nitrogens is 1. The van der Waals surface area contributed by atoms with Gasteiger partial charge in [0.25, 0.3) is 0 Å². The maximum absolute atomic E-state index is 11.1. The molecule has 2 rings (SSSR count).